The van der Waals surface area contributed by atoms with Gasteiger partial charge < -0.3 is 14.6 Å². The van der Waals surface area contributed by atoms with Crippen molar-refractivity contribution < 1.29 is 19.4 Å². The van der Waals surface area contributed by atoms with E-state index in [1.54, 1.807) is 7.11 Å². The highest BCUT2D eigenvalue weighted by Crippen LogP contribution is 2.52. The molecule has 1 aromatic heterocycles. The fourth-order valence-electron chi connectivity index (χ4n) is 4.19. The average Bonchev–Trinajstić information content (AvgIpc) is 3.26. The number of aryl methyl sites for hydroxylation is 1. The third-order valence-corrected chi connectivity index (χ3v) is 5.54. The largest absolute Gasteiger partial charge is 0.493 e. The van der Waals surface area contributed by atoms with E-state index in [4.69, 9.17) is 9.47 Å². The minimum atomic E-state index is -0.930. The van der Waals surface area contributed by atoms with Gasteiger partial charge in [-0.05, 0) is 13.0 Å². The van der Waals surface area contributed by atoms with E-state index < -0.39 is 11.4 Å². The van der Waals surface area contributed by atoms with Gasteiger partial charge in [0.25, 0.3) is 0 Å². The van der Waals surface area contributed by atoms with E-state index in [1.165, 1.54) is 0 Å². The van der Waals surface area contributed by atoms with E-state index in [1.807, 2.05) is 42.2 Å². The SMILES string of the molecule is CCn1cc(CN2C[C@H]3c4cccc(OC)c4OC[C@@]3(C(=O)O)C2)cn1. The normalized spacial score (nSPS) is 24.6. The van der Waals surface area contributed by atoms with Gasteiger partial charge in [-0.15, -0.1) is 0 Å². The molecule has 0 aliphatic carbocycles. The van der Waals surface area contributed by atoms with Crippen molar-refractivity contribution in [2.45, 2.75) is 25.9 Å². The number of ether oxygens (including phenoxy) is 2. The third kappa shape index (κ3) is 2.54. The maximum Gasteiger partial charge on any atom is 0.315 e. The van der Waals surface area contributed by atoms with Crippen LogP contribution < -0.4 is 9.47 Å². The molecule has 1 saturated heterocycles. The Morgan fingerprint density at radius 1 is 1.50 bits per heavy atom. The summed E-state index contributed by atoms with van der Waals surface area (Å²) in [6.07, 6.45) is 3.87. The summed E-state index contributed by atoms with van der Waals surface area (Å²) < 4.78 is 13.2. The molecule has 0 radical (unpaired) electrons. The Bertz CT molecular complexity index is 834. The molecule has 4 rings (SSSR count). The Morgan fingerprint density at radius 2 is 2.35 bits per heavy atom. The second kappa shape index (κ2) is 6.32. The van der Waals surface area contributed by atoms with Crippen molar-refractivity contribution in [1.29, 1.82) is 0 Å². The molecule has 1 N–H and O–H groups in total. The molecule has 2 atom stereocenters. The smallest absolute Gasteiger partial charge is 0.315 e. The van der Waals surface area contributed by atoms with Gasteiger partial charge in [-0.1, -0.05) is 12.1 Å². The summed E-state index contributed by atoms with van der Waals surface area (Å²) >= 11 is 0. The van der Waals surface area contributed by atoms with Crippen LogP contribution in [0.25, 0.3) is 0 Å². The second-order valence-electron chi connectivity index (χ2n) is 7.06. The fraction of sp³-hybridized carbons (Fsp3) is 0.474. The highest BCUT2D eigenvalue weighted by atomic mass is 16.5. The number of methoxy groups -OCH3 is 1. The quantitative estimate of drug-likeness (QED) is 0.882. The molecule has 7 heteroatoms. The molecule has 2 aromatic rings. The predicted octanol–water partition coefficient (Wildman–Crippen LogP) is 1.97. The van der Waals surface area contributed by atoms with Crippen LogP contribution in [0.2, 0.25) is 0 Å². The molecule has 0 saturated carbocycles. The number of aromatic nitrogens is 2. The van der Waals surface area contributed by atoms with Crippen molar-refractivity contribution in [2.75, 3.05) is 26.8 Å². The third-order valence-electron chi connectivity index (χ3n) is 5.54. The molecule has 7 nitrogen and oxygen atoms in total. The van der Waals surface area contributed by atoms with Crippen molar-refractivity contribution in [2.24, 2.45) is 5.41 Å². The molecule has 138 valence electrons. The Balaban J connectivity index is 1.65. The van der Waals surface area contributed by atoms with E-state index in [0.717, 1.165) is 17.7 Å². The number of fused-ring (bicyclic) bond motifs is 3. The van der Waals surface area contributed by atoms with Crippen LogP contribution in [0, 0.1) is 5.41 Å². The first-order valence-corrected chi connectivity index (χ1v) is 8.84. The molecule has 3 heterocycles. The second-order valence-corrected chi connectivity index (χ2v) is 7.06. The van der Waals surface area contributed by atoms with Crippen LogP contribution in [-0.2, 0) is 17.9 Å². The summed E-state index contributed by atoms with van der Waals surface area (Å²) in [6.45, 7) is 4.84. The summed E-state index contributed by atoms with van der Waals surface area (Å²) in [5.41, 5.74) is 1.09. The maximum absolute atomic E-state index is 12.2. The molecule has 1 fully saturated rings. The first-order chi connectivity index (χ1) is 12.6. The number of carboxylic acids is 1. The number of carboxylic acid groups (broad SMARTS) is 1. The van der Waals surface area contributed by atoms with E-state index >= 15 is 0 Å². The zero-order chi connectivity index (χ0) is 18.3. The zero-order valence-electron chi connectivity index (χ0n) is 15.0. The number of rotatable bonds is 5. The van der Waals surface area contributed by atoms with E-state index in [-0.39, 0.29) is 12.5 Å². The number of nitrogens with zero attached hydrogens (tertiary/aromatic N) is 3. The van der Waals surface area contributed by atoms with Crippen molar-refractivity contribution in [3.63, 3.8) is 0 Å². The highest BCUT2D eigenvalue weighted by Gasteiger charge is 2.56. The van der Waals surface area contributed by atoms with Crippen LogP contribution in [0.15, 0.2) is 30.6 Å². The molecule has 0 amide bonds. The fourth-order valence-corrected chi connectivity index (χ4v) is 4.19. The lowest BCUT2D eigenvalue weighted by Gasteiger charge is -2.36. The summed E-state index contributed by atoms with van der Waals surface area (Å²) in [7, 11) is 1.60. The molecule has 1 aromatic carbocycles. The van der Waals surface area contributed by atoms with Gasteiger partial charge in [0.1, 0.15) is 12.0 Å². The van der Waals surface area contributed by atoms with Crippen molar-refractivity contribution in [1.82, 2.24) is 14.7 Å². The zero-order valence-corrected chi connectivity index (χ0v) is 15.0. The van der Waals surface area contributed by atoms with Crippen LogP contribution in [-0.4, -0.2) is 52.6 Å². The lowest BCUT2D eigenvalue weighted by molar-refractivity contribution is -0.152. The van der Waals surface area contributed by atoms with E-state index in [0.29, 0.717) is 31.1 Å². The summed E-state index contributed by atoms with van der Waals surface area (Å²) in [6, 6.07) is 5.70. The van der Waals surface area contributed by atoms with E-state index in [9.17, 15) is 9.90 Å². The molecular weight excluding hydrogens is 334 g/mol. The van der Waals surface area contributed by atoms with Gasteiger partial charge in [-0.25, -0.2) is 0 Å². The Kier molecular flexibility index (Phi) is 4.11. The number of benzene rings is 1. The number of hydrogen-bond donors (Lipinski definition) is 1. The Hall–Kier alpha value is -2.54. The standard InChI is InChI=1S/C19H23N3O4/c1-3-22-9-13(7-20-22)8-21-10-15-14-5-4-6-16(25-2)17(14)26-12-19(15,11-21)18(23)24/h4-7,9,15H,3,8,10-12H2,1-2H3,(H,23,24)/t15-,19-/m0/s1. The minimum absolute atomic E-state index is 0.125. The van der Waals surface area contributed by atoms with Gasteiger partial charge in [0.15, 0.2) is 11.5 Å². The Labute approximate surface area is 152 Å². The van der Waals surface area contributed by atoms with Gasteiger partial charge in [0, 0.05) is 49.4 Å². The number of aliphatic carboxylic acids is 1. The van der Waals surface area contributed by atoms with Gasteiger partial charge >= 0.3 is 5.97 Å². The lowest BCUT2D eigenvalue weighted by Crippen LogP contribution is -2.45. The first kappa shape index (κ1) is 16.9. The van der Waals surface area contributed by atoms with Gasteiger partial charge in [0.2, 0.25) is 0 Å². The topological polar surface area (TPSA) is 76.8 Å². The van der Waals surface area contributed by atoms with Crippen LogP contribution in [0.1, 0.15) is 24.0 Å². The van der Waals surface area contributed by atoms with E-state index in [2.05, 4.69) is 10.00 Å². The molecule has 26 heavy (non-hydrogen) atoms. The molecular formula is C19H23N3O4. The molecule has 2 aliphatic rings. The van der Waals surface area contributed by atoms with Crippen LogP contribution in [0.5, 0.6) is 11.5 Å². The summed E-state index contributed by atoms with van der Waals surface area (Å²) in [4.78, 5) is 14.4. The van der Waals surface area contributed by atoms with Crippen molar-refractivity contribution in [3.8, 4) is 11.5 Å². The van der Waals surface area contributed by atoms with Gasteiger partial charge in [0.05, 0.1) is 13.3 Å². The highest BCUT2D eigenvalue weighted by molar-refractivity contribution is 5.79. The molecule has 0 bridgehead atoms. The maximum atomic E-state index is 12.2. The predicted molar refractivity (Wildman–Crippen MR) is 94.5 cm³/mol. The van der Waals surface area contributed by atoms with Crippen molar-refractivity contribution in [3.05, 3.63) is 41.7 Å². The Morgan fingerprint density at radius 3 is 3.04 bits per heavy atom. The van der Waals surface area contributed by atoms with Gasteiger partial charge in [-0.2, -0.15) is 5.10 Å². The molecule has 2 aliphatic heterocycles. The summed E-state index contributed by atoms with van der Waals surface area (Å²) in [5, 5.41) is 14.3. The number of hydrogen-bond acceptors (Lipinski definition) is 5. The number of para-hydroxylation sites is 1. The van der Waals surface area contributed by atoms with Crippen LogP contribution >= 0.6 is 0 Å². The average molecular weight is 357 g/mol. The molecule has 0 unspecified atom stereocenters. The lowest BCUT2D eigenvalue weighted by atomic mass is 9.73. The molecule has 0 spiro atoms. The van der Waals surface area contributed by atoms with Crippen LogP contribution in [0.3, 0.4) is 0 Å². The van der Waals surface area contributed by atoms with Gasteiger partial charge in [-0.3, -0.25) is 14.4 Å². The minimum Gasteiger partial charge on any atom is -0.493 e. The van der Waals surface area contributed by atoms with Crippen molar-refractivity contribution >= 4 is 5.97 Å². The summed E-state index contributed by atoms with van der Waals surface area (Å²) in [5.74, 6) is 0.407. The number of likely N-dealkylation sites (tertiary alicyclic amines) is 1. The first-order valence-electron chi connectivity index (χ1n) is 8.84. The monoisotopic (exact) mass is 357 g/mol. The number of carbonyl (C=O) groups is 1. The van der Waals surface area contributed by atoms with Crippen LogP contribution in [0.4, 0.5) is 0 Å².